The zero-order valence-electron chi connectivity index (χ0n) is 14.4. The van der Waals surface area contributed by atoms with Gasteiger partial charge in [0, 0.05) is 15.8 Å². The highest BCUT2D eigenvalue weighted by Gasteiger charge is 2.19. The topological polar surface area (TPSA) is 115 Å². The molecule has 8 nitrogen and oxygen atoms in total. The number of carbonyl (C=O) groups is 2. The van der Waals surface area contributed by atoms with E-state index in [1.54, 1.807) is 24.3 Å². The van der Waals surface area contributed by atoms with E-state index in [-0.39, 0.29) is 24.0 Å². The Balaban J connectivity index is 1.65. The number of nitrogens with one attached hydrogen (secondary N) is 2. The van der Waals surface area contributed by atoms with Gasteiger partial charge in [-0.1, -0.05) is 38.8 Å². The van der Waals surface area contributed by atoms with Gasteiger partial charge >= 0.3 is 0 Å². The second-order valence-electron chi connectivity index (χ2n) is 5.86. The maximum Gasteiger partial charge on any atom is 0.280 e. The summed E-state index contributed by atoms with van der Waals surface area (Å²) >= 11 is 3.33. The van der Waals surface area contributed by atoms with Crippen LogP contribution < -0.4 is 16.4 Å². The van der Waals surface area contributed by atoms with Gasteiger partial charge in [-0.05, 0) is 43.3 Å². The first-order valence-corrected chi connectivity index (χ1v) is 8.84. The molecule has 9 heteroatoms. The monoisotopic (exact) mass is 428 g/mol. The number of amides is 2. The van der Waals surface area contributed by atoms with Gasteiger partial charge in [0.15, 0.2) is 11.5 Å². The van der Waals surface area contributed by atoms with Crippen molar-refractivity contribution < 1.29 is 9.59 Å². The van der Waals surface area contributed by atoms with Gasteiger partial charge in [0.25, 0.3) is 5.91 Å². The lowest BCUT2D eigenvalue weighted by molar-refractivity contribution is -0.116. The molecular formula is C18H17BrN6O2. The van der Waals surface area contributed by atoms with Crippen molar-refractivity contribution in [3.8, 4) is 0 Å². The van der Waals surface area contributed by atoms with E-state index in [2.05, 4.69) is 36.9 Å². The van der Waals surface area contributed by atoms with Crippen molar-refractivity contribution in [3.05, 3.63) is 64.3 Å². The molecular weight excluding hydrogens is 412 g/mol. The minimum Gasteiger partial charge on any atom is -0.382 e. The average Bonchev–Trinajstić information content (AvgIpc) is 2.99. The number of carbonyl (C=O) groups excluding carboxylic acids is 2. The zero-order valence-corrected chi connectivity index (χ0v) is 16.0. The molecule has 0 spiro atoms. The van der Waals surface area contributed by atoms with Crippen molar-refractivity contribution in [3.63, 3.8) is 0 Å². The lowest BCUT2D eigenvalue weighted by Crippen LogP contribution is -2.21. The zero-order chi connectivity index (χ0) is 19.4. The molecule has 0 fully saturated rings. The summed E-state index contributed by atoms with van der Waals surface area (Å²) < 4.78 is 2.09. The van der Waals surface area contributed by atoms with Crippen LogP contribution in [-0.4, -0.2) is 26.8 Å². The smallest absolute Gasteiger partial charge is 0.280 e. The molecule has 0 saturated carbocycles. The van der Waals surface area contributed by atoms with E-state index in [9.17, 15) is 9.59 Å². The lowest BCUT2D eigenvalue weighted by Gasteiger charge is -2.07. The van der Waals surface area contributed by atoms with E-state index in [0.717, 1.165) is 10.0 Å². The molecule has 1 aromatic heterocycles. The van der Waals surface area contributed by atoms with Gasteiger partial charge in [0.05, 0.1) is 0 Å². The Bertz CT molecular complexity index is 967. The number of aryl methyl sites for hydroxylation is 1. The quantitative estimate of drug-likeness (QED) is 0.577. The average molecular weight is 429 g/mol. The van der Waals surface area contributed by atoms with Crippen molar-refractivity contribution >= 4 is 44.9 Å². The minimum atomic E-state index is -0.490. The fraction of sp³-hybridized carbons (Fsp3) is 0.111. The molecule has 0 radical (unpaired) electrons. The fourth-order valence-electron chi connectivity index (χ4n) is 2.30. The predicted octanol–water partition coefficient (Wildman–Crippen LogP) is 2.82. The molecule has 27 heavy (non-hydrogen) atoms. The summed E-state index contributed by atoms with van der Waals surface area (Å²) in [6.45, 7) is 1.79. The van der Waals surface area contributed by atoms with Crippen LogP contribution >= 0.6 is 15.9 Å². The number of benzene rings is 2. The van der Waals surface area contributed by atoms with E-state index >= 15 is 0 Å². The third-order valence-electron chi connectivity index (χ3n) is 3.72. The Morgan fingerprint density at radius 3 is 2.30 bits per heavy atom. The Morgan fingerprint density at radius 1 is 1.04 bits per heavy atom. The van der Waals surface area contributed by atoms with Crippen molar-refractivity contribution in [1.29, 1.82) is 0 Å². The van der Waals surface area contributed by atoms with E-state index in [1.807, 2.05) is 31.2 Å². The van der Waals surface area contributed by atoms with Crippen LogP contribution in [-0.2, 0) is 11.3 Å². The van der Waals surface area contributed by atoms with Crippen LogP contribution in [0.1, 0.15) is 16.1 Å². The first-order chi connectivity index (χ1) is 12.9. The normalized spacial score (nSPS) is 10.4. The van der Waals surface area contributed by atoms with Crippen molar-refractivity contribution in [2.45, 2.75) is 13.5 Å². The summed E-state index contributed by atoms with van der Waals surface area (Å²) in [6, 6.07) is 14.4. The Morgan fingerprint density at radius 2 is 1.63 bits per heavy atom. The van der Waals surface area contributed by atoms with Crippen molar-refractivity contribution in [2.24, 2.45) is 0 Å². The molecule has 3 aromatic rings. The van der Waals surface area contributed by atoms with Crippen LogP contribution in [0.4, 0.5) is 17.2 Å². The van der Waals surface area contributed by atoms with E-state index < -0.39 is 5.91 Å². The standard InChI is InChI=1S/C18H17BrN6O2/c1-11-2-6-14(7-3-11)22-18(27)16-17(20)25(24-23-16)10-15(26)21-13-8-4-12(19)5-9-13/h2-9H,10,20H2,1H3,(H,21,26)(H,22,27). The van der Waals surface area contributed by atoms with Crippen LogP contribution in [0.25, 0.3) is 0 Å². The minimum absolute atomic E-state index is 0.0190. The molecule has 2 amide bonds. The third kappa shape index (κ3) is 4.70. The number of nitrogen functional groups attached to an aromatic ring is 1. The molecule has 2 aromatic carbocycles. The van der Waals surface area contributed by atoms with Crippen LogP contribution in [0, 0.1) is 6.92 Å². The number of hydrogen-bond donors (Lipinski definition) is 3. The summed E-state index contributed by atoms with van der Waals surface area (Å²) in [7, 11) is 0. The number of anilines is 3. The molecule has 0 aliphatic heterocycles. The molecule has 4 N–H and O–H groups in total. The summed E-state index contributed by atoms with van der Waals surface area (Å²) in [5.41, 5.74) is 8.23. The van der Waals surface area contributed by atoms with Gasteiger partial charge in [0.2, 0.25) is 5.91 Å². The second-order valence-corrected chi connectivity index (χ2v) is 6.77. The number of hydrogen-bond acceptors (Lipinski definition) is 5. The summed E-state index contributed by atoms with van der Waals surface area (Å²) in [6.07, 6.45) is 0. The van der Waals surface area contributed by atoms with Crippen LogP contribution in [0.15, 0.2) is 53.0 Å². The number of nitrogens with two attached hydrogens (primary N) is 1. The van der Waals surface area contributed by atoms with E-state index in [1.165, 1.54) is 4.68 Å². The third-order valence-corrected chi connectivity index (χ3v) is 4.25. The Labute approximate surface area is 163 Å². The van der Waals surface area contributed by atoms with Crippen LogP contribution in [0.5, 0.6) is 0 Å². The van der Waals surface area contributed by atoms with Gasteiger partial charge in [-0.25, -0.2) is 4.68 Å². The number of rotatable bonds is 5. The second kappa shape index (κ2) is 8.00. The van der Waals surface area contributed by atoms with Gasteiger partial charge < -0.3 is 16.4 Å². The molecule has 0 atom stereocenters. The first kappa shape index (κ1) is 18.6. The summed E-state index contributed by atoms with van der Waals surface area (Å²) in [5.74, 6) is -0.805. The Hall–Kier alpha value is -3.20. The maximum atomic E-state index is 12.3. The highest BCUT2D eigenvalue weighted by Crippen LogP contribution is 2.15. The molecule has 138 valence electrons. The largest absolute Gasteiger partial charge is 0.382 e. The molecule has 1 heterocycles. The molecule has 0 bridgehead atoms. The molecule has 0 saturated heterocycles. The lowest BCUT2D eigenvalue weighted by atomic mass is 10.2. The first-order valence-electron chi connectivity index (χ1n) is 8.05. The van der Waals surface area contributed by atoms with Gasteiger partial charge in [-0.3, -0.25) is 9.59 Å². The van der Waals surface area contributed by atoms with Gasteiger partial charge in [-0.15, -0.1) is 5.10 Å². The number of nitrogens with zero attached hydrogens (tertiary/aromatic N) is 3. The van der Waals surface area contributed by atoms with E-state index in [4.69, 9.17) is 5.73 Å². The Kier molecular flexibility index (Phi) is 5.51. The molecule has 0 aliphatic carbocycles. The molecule has 0 unspecified atom stereocenters. The molecule has 3 rings (SSSR count). The van der Waals surface area contributed by atoms with E-state index in [0.29, 0.717) is 11.4 Å². The highest BCUT2D eigenvalue weighted by atomic mass is 79.9. The summed E-state index contributed by atoms with van der Waals surface area (Å²) in [5, 5.41) is 13.0. The highest BCUT2D eigenvalue weighted by molar-refractivity contribution is 9.10. The number of aromatic nitrogens is 3. The van der Waals surface area contributed by atoms with Gasteiger partial charge in [0.1, 0.15) is 6.54 Å². The van der Waals surface area contributed by atoms with Crippen LogP contribution in [0.2, 0.25) is 0 Å². The molecule has 0 aliphatic rings. The summed E-state index contributed by atoms with van der Waals surface area (Å²) in [4.78, 5) is 24.5. The van der Waals surface area contributed by atoms with Gasteiger partial charge in [-0.2, -0.15) is 0 Å². The fourth-order valence-corrected chi connectivity index (χ4v) is 2.56. The SMILES string of the molecule is Cc1ccc(NC(=O)c2nnn(CC(=O)Nc3ccc(Br)cc3)c2N)cc1. The maximum absolute atomic E-state index is 12.3. The van der Waals surface area contributed by atoms with Crippen molar-refractivity contribution in [1.82, 2.24) is 15.0 Å². The number of halogens is 1. The van der Waals surface area contributed by atoms with Crippen LogP contribution in [0.3, 0.4) is 0 Å². The predicted molar refractivity (Wildman–Crippen MR) is 106 cm³/mol. The van der Waals surface area contributed by atoms with Crippen molar-refractivity contribution in [2.75, 3.05) is 16.4 Å².